The zero-order valence-corrected chi connectivity index (χ0v) is 22.8. The number of phenols is 1. The van der Waals surface area contributed by atoms with Gasteiger partial charge in [-0.15, -0.1) is 0 Å². The molecule has 1 rings (SSSR count). The molecule has 0 amide bonds. The lowest BCUT2D eigenvalue weighted by molar-refractivity contribution is 0.0763. The van der Waals surface area contributed by atoms with Gasteiger partial charge in [0, 0.05) is 5.56 Å². The predicted octanol–water partition coefficient (Wildman–Crippen LogP) is 6.58. The van der Waals surface area contributed by atoms with Gasteiger partial charge in [0.05, 0.1) is 14.2 Å². The summed E-state index contributed by atoms with van der Waals surface area (Å²) >= 11 is 0. The largest absolute Gasteiger partial charge is 0.503 e. The van der Waals surface area contributed by atoms with Crippen molar-refractivity contribution in [3.63, 3.8) is 0 Å². The van der Waals surface area contributed by atoms with Gasteiger partial charge in [0.15, 0.2) is 16.4 Å². The molecule has 0 aliphatic heterocycles. The average molecular weight is 473 g/mol. The van der Waals surface area contributed by atoms with Gasteiger partial charge in [0.25, 0.3) is 0 Å². The number of hydrogen-bond donors (Lipinski definition) is 2. The third kappa shape index (κ3) is 6.10. The monoisotopic (exact) mass is 472 g/mol. The van der Waals surface area contributed by atoms with Gasteiger partial charge in [-0.2, -0.15) is 8.42 Å². The molecule has 0 bridgehead atoms. The predicted molar refractivity (Wildman–Crippen MR) is 130 cm³/mol. The highest BCUT2D eigenvalue weighted by Gasteiger charge is 2.47. The van der Waals surface area contributed by atoms with Crippen molar-refractivity contribution in [2.45, 2.75) is 92.9 Å². The molecule has 0 spiro atoms. The van der Waals surface area contributed by atoms with E-state index in [-0.39, 0.29) is 33.7 Å². The molecule has 1 unspecified atom stereocenters. The van der Waals surface area contributed by atoms with E-state index in [1.54, 1.807) is 6.92 Å². The van der Waals surface area contributed by atoms with Crippen LogP contribution < -0.4 is 9.47 Å². The Balaban J connectivity index is 4.18. The minimum Gasteiger partial charge on any atom is -0.503 e. The van der Waals surface area contributed by atoms with Crippen LogP contribution in [0.5, 0.6) is 17.2 Å². The molecule has 186 valence electrons. The van der Waals surface area contributed by atoms with E-state index in [1.165, 1.54) is 14.2 Å². The highest BCUT2D eigenvalue weighted by atomic mass is 32.2. The molecule has 32 heavy (non-hydrogen) atoms. The number of hydrogen-bond acceptors (Lipinski definition) is 5. The van der Waals surface area contributed by atoms with E-state index < -0.39 is 20.8 Å². The molecule has 0 aliphatic rings. The van der Waals surface area contributed by atoms with Crippen molar-refractivity contribution in [3.8, 4) is 17.2 Å². The van der Waals surface area contributed by atoms with Gasteiger partial charge >= 0.3 is 10.1 Å². The summed E-state index contributed by atoms with van der Waals surface area (Å²) in [5, 5.41) is 11.0. The molecule has 2 N–H and O–H groups in total. The van der Waals surface area contributed by atoms with Crippen molar-refractivity contribution in [3.05, 3.63) is 11.1 Å². The van der Waals surface area contributed by atoms with Gasteiger partial charge in [0.2, 0.25) is 0 Å². The Hall–Kier alpha value is -1.47. The minimum absolute atomic E-state index is 0.0390. The summed E-state index contributed by atoms with van der Waals surface area (Å²) in [6.07, 6.45) is 1.80. The Bertz CT molecular complexity index is 921. The van der Waals surface area contributed by atoms with E-state index >= 15 is 0 Å². The second-order valence-corrected chi connectivity index (χ2v) is 13.4. The molecule has 7 heteroatoms. The summed E-state index contributed by atoms with van der Waals surface area (Å²) in [6.45, 7) is 21.6. The van der Waals surface area contributed by atoms with Crippen LogP contribution in [0.1, 0.15) is 92.2 Å². The summed E-state index contributed by atoms with van der Waals surface area (Å²) in [6, 6.07) is 0. The topological polar surface area (TPSA) is 93.1 Å². The molecule has 0 radical (unpaired) electrons. The molecular formula is C25H44O6S. The Morgan fingerprint density at radius 2 is 1.38 bits per heavy atom. The van der Waals surface area contributed by atoms with Gasteiger partial charge in [-0.05, 0) is 53.4 Å². The summed E-state index contributed by atoms with van der Waals surface area (Å²) in [5.74, 6) is -0.291. The number of benzene rings is 1. The lowest BCUT2D eigenvalue weighted by Crippen LogP contribution is -2.38. The van der Waals surface area contributed by atoms with E-state index in [9.17, 15) is 18.1 Å². The number of rotatable bonds is 9. The number of methoxy groups -OCH3 is 2. The molecule has 0 aromatic heterocycles. The van der Waals surface area contributed by atoms with Crippen molar-refractivity contribution < 1.29 is 27.6 Å². The zero-order chi connectivity index (χ0) is 25.4. The average Bonchev–Trinajstić information content (AvgIpc) is 2.52. The first-order valence-corrected chi connectivity index (χ1v) is 12.6. The molecule has 0 aliphatic carbocycles. The van der Waals surface area contributed by atoms with Crippen LogP contribution in [0.4, 0.5) is 0 Å². The van der Waals surface area contributed by atoms with Crippen molar-refractivity contribution in [2.24, 2.45) is 22.2 Å². The van der Waals surface area contributed by atoms with Crippen molar-refractivity contribution in [1.82, 2.24) is 0 Å². The first-order valence-electron chi connectivity index (χ1n) is 11.2. The molecule has 0 heterocycles. The molecular weight excluding hydrogens is 428 g/mol. The van der Waals surface area contributed by atoms with Gasteiger partial charge < -0.3 is 14.6 Å². The van der Waals surface area contributed by atoms with Crippen LogP contribution in [0, 0.1) is 29.1 Å². The molecule has 0 saturated carbocycles. The van der Waals surface area contributed by atoms with Crippen LogP contribution in [0.25, 0.3) is 0 Å². The van der Waals surface area contributed by atoms with Crippen LogP contribution in [0.15, 0.2) is 4.90 Å². The first kappa shape index (κ1) is 28.6. The highest BCUT2D eigenvalue weighted by Crippen LogP contribution is 2.60. The normalized spacial score (nSPS) is 14.6. The quantitative estimate of drug-likeness (QED) is 0.394. The SMILES string of the molecule is COc1c(O)c(S(=O)(=O)O)c(OC)c(C)c1C(C(C)(C)CC(C)C)C(C)(C)CC(C)(C)C. The lowest BCUT2D eigenvalue weighted by atomic mass is 9.56. The third-order valence-corrected chi connectivity index (χ3v) is 6.96. The fourth-order valence-electron chi connectivity index (χ4n) is 6.32. The second-order valence-electron chi connectivity index (χ2n) is 12.0. The number of ether oxygens (including phenoxy) is 2. The Morgan fingerprint density at radius 1 is 0.906 bits per heavy atom. The minimum atomic E-state index is -4.75. The van der Waals surface area contributed by atoms with Crippen LogP contribution in [0.3, 0.4) is 0 Å². The highest BCUT2D eigenvalue weighted by molar-refractivity contribution is 7.86. The smallest absolute Gasteiger partial charge is 0.302 e. The van der Waals surface area contributed by atoms with E-state index in [0.29, 0.717) is 17.0 Å². The van der Waals surface area contributed by atoms with Crippen molar-refractivity contribution in [2.75, 3.05) is 14.2 Å². The Kier molecular flexibility index (Phi) is 8.40. The molecule has 6 nitrogen and oxygen atoms in total. The molecule has 1 atom stereocenters. The maximum absolute atomic E-state index is 12.1. The van der Waals surface area contributed by atoms with E-state index in [1.807, 2.05) is 0 Å². The van der Waals surface area contributed by atoms with Crippen LogP contribution in [-0.2, 0) is 10.1 Å². The molecule has 0 fully saturated rings. The van der Waals surface area contributed by atoms with Gasteiger partial charge in [-0.25, -0.2) is 0 Å². The van der Waals surface area contributed by atoms with E-state index in [0.717, 1.165) is 12.8 Å². The van der Waals surface area contributed by atoms with Crippen LogP contribution in [-0.4, -0.2) is 32.3 Å². The standard InChI is InChI=1S/C25H44O6S/c1-15(2)13-24(7,8)22(25(9,10)14-23(4,5)6)17-16(3)19(30-11)21(32(27,28)29)18(26)20(17)31-12/h15,22,26H,13-14H2,1-12H3,(H,27,28,29). The summed E-state index contributed by atoms with van der Waals surface area (Å²) in [4.78, 5) is -0.660. The Morgan fingerprint density at radius 3 is 1.72 bits per heavy atom. The second kappa shape index (κ2) is 9.41. The van der Waals surface area contributed by atoms with Gasteiger partial charge in [-0.3, -0.25) is 4.55 Å². The van der Waals surface area contributed by atoms with Crippen LogP contribution in [0.2, 0.25) is 0 Å². The van der Waals surface area contributed by atoms with Crippen LogP contribution >= 0.6 is 0 Å². The summed E-state index contributed by atoms with van der Waals surface area (Å²) in [7, 11) is -2.01. The summed E-state index contributed by atoms with van der Waals surface area (Å²) in [5.41, 5.74) is 0.828. The maximum atomic E-state index is 12.1. The third-order valence-electron chi connectivity index (χ3n) is 6.06. The van der Waals surface area contributed by atoms with Gasteiger partial charge in [0.1, 0.15) is 5.75 Å². The van der Waals surface area contributed by atoms with Gasteiger partial charge in [-0.1, -0.05) is 62.3 Å². The fraction of sp³-hybridized carbons (Fsp3) is 0.760. The first-order chi connectivity index (χ1) is 14.2. The van der Waals surface area contributed by atoms with Crippen molar-refractivity contribution in [1.29, 1.82) is 0 Å². The molecule has 1 aromatic carbocycles. The number of phenolic OH excluding ortho intramolecular Hbond substituents is 1. The summed E-state index contributed by atoms with van der Waals surface area (Å²) < 4.78 is 45.1. The van der Waals surface area contributed by atoms with E-state index in [2.05, 4.69) is 62.3 Å². The Labute approximate surface area is 195 Å². The van der Waals surface area contributed by atoms with Crippen molar-refractivity contribution >= 4 is 10.1 Å². The maximum Gasteiger partial charge on any atom is 0.302 e. The molecule has 1 aromatic rings. The van der Waals surface area contributed by atoms with E-state index in [4.69, 9.17) is 9.47 Å². The number of aromatic hydroxyl groups is 1. The zero-order valence-electron chi connectivity index (χ0n) is 22.0. The fourth-order valence-corrected chi connectivity index (χ4v) is 7.13. The lowest BCUT2D eigenvalue weighted by Gasteiger charge is -2.49. The molecule has 0 saturated heterocycles.